The summed E-state index contributed by atoms with van der Waals surface area (Å²) in [5.41, 5.74) is 1.58. The Morgan fingerprint density at radius 1 is 1.16 bits per heavy atom. The first kappa shape index (κ1) is 23.1. The van der Waals surface area contributed by atoms with Gasteiger partial charge < -0.3 is 18.9 Å². The second-order valence-corrected chi connectivity index (χ2v) is 8.27. The molecule has 0 bridgehead atoms. The molecular weight excluding hydrogens is 420 g/mol. The molecule has 1 aromatic carbocycles. The predicted molar refractivity (Wildman–Crippen MR) is 118 cm³/mol. The molecule has 2 aliphatic heterocycles. The fraction of sp³-hybridized carbons (Fsp3) is 0.500. The van der Waals surface area contributed by atoms with Crippen LogP contribution < -0.4 is 9.47 Å². The number of aliphatic imine (C=N–C) groups is 1. The quantitative estimate of drug-likeness (QED) is 0.423. The lowest BCUT2D eigenvalue weighted by molar-refractivity contribution is -0.141. The first-order chi connectivity index (χ1) is 14.9. The van der Waals surface area contributed by atoms with Gasteiger partial charge in [0, 0.05) is 7.11 Å². The van der Waals surface area contributed by atoms with Gasteiger partial charge in [-0.05, 0) is 45.4 Å². The molecule has 31 heavy (non-hydrogen) atoms. The molecule has 2 unspecified atom stereocenters. The number of carbonyl (C=O) groups excluding carboxylic acids is 2. The molecule has 9 heteroatoms. The summed E-state index contributed by atoms with van der Waals surface area (Å²) in [6, 6.07) is 4.80. The highest BCUT2D eigenvalue weighted by Gasteiger charge is 2.46. The van der Waals surface area contributed by atoms with Gasteiger partial charge in [-0.15, -0.1) is 0 Å². The number of hydrogen-bond donors (Lipinski definition) is 0. The molecule has 1 aromatic rings. The van der Waals surface area contributed by atoms with Crippen molar-refractivity contribution in [3.63, 3.8) is 0 Å². The lowest BCUT2D eigenvalue weighted by atomic mass is 9.94. The zero-order chi connectivity index (χ0) is 22.5. The van der Waals surface area contributed by atoms with Crippen molar-refractivity contribution in [2.45, 2.75) is 39.0 Å². The summed E-state index contributed by atoms with van der Waals surface area (Å²) in [7, 11) is 1.54. The molecule has 2 aliphatic rings. The van der Waals surface area contributed by atoms with Crippen LogP contribution in [0.2, 0.25) is 0 Å². The van der Waals surface area contributed by atoms with Crippen LogP contribution in [0.1, 0.15) is 39.3 Å². The van der Waals surface area contributed by atoms with Crippen LogP contribution in [-0.2, 0) is 19.1 Å². The van der Waals surface area contributed by atoms with Crippen molar-refractivity contribution in [3.05, 3.63) is 35.0 Å². The van der Waals surface area contributed by atoms with Gasteiger partial charge in [0.1, 0.15) is 6.61 Å². The summed E-state index contributed by atoms with van der Waals surface area (Å²) in [5.74, 6) is 0.545. The Bertz CT molecular complexity index is 913. The molecule has 8 nitrogen and oxygen atoms in total. The maximum atomic E-state index is 13.0. The summed E-state index contributed by atoms with van der Waals surface area (Å²) in [6.45, 7) is 8.73. The number of hydrogen-bond acceptors (Lipinski definition) is 8. The van der Waals surface area contributed by atoms with E-state index in [1.807, 2.05) is 32.9 Å². The lowest BCUT2D eigenvalue weighted by Crippen LogP contribution is -2.40. The number of amides is 1. The third-order valence-corrected chi connectivity index (χ3v) is 5.94. The van der Waals surface area contributed by atoms with Crippen LogP contribution in [0.25, 0.3) is 0 Å². The normalized spacial score (nSPS) is 20.5. The molecule has 2 atom stereocenters. The van der Waals surface area contributed by atoms with E-state index in [2.05, 4.69) is 4.99 Å². The van der Waals surface area contributed by atoms with E-state index in [-0.39, 0.29) is 24.4 Å². The van der Waals surface area contributed by atoms with E-state index >= 15 is 0 Å². The third kappa shape index (κ3) is 4.72. The van der Waals surface area contributed by atoms with Crippen molar-refractivity contribution in [2.24, 2.45) is 4.99 Å². The van der Waals surface area contributed by atoms with Crippen LogP contribution in [0.5, 0.6) is 11.5 Å². The van der Waals surface area contributed by atoms with Crippen molar-refractivity contribution in [3.8, 4) is 11.5 Å². The number of methoxy groups -OCH3 is 1. The fourth-order valence-corrected chi connectivity index (χ4v) is 4.54. The number of rotatable bonds is 9. The van der Waals surface area contributed by atoms with Crippen LogP contribution in [0, 0.1) is 0 Å². The first-order valence-corrected chi connectivity index (χ1v) is 11.2. The zero-order valence-corrected chi connectivity index (χ0v) is 19.3. The highest BCUT2D eigenvalue weighted by Crippen LogP contribution is 2.44. The van der Waals surface area contributed by atoms with Gasteiger partial charge in [0.15, 0.2) is 16.7 Å². The molecule has 0 saturated carbocycles. The standard InChI is InChI=1S/C22H28N2O6S/c1-6-28-16-9-8-15(12-17(16)29-7-2)19-18(21(26)30-11-10-27-5)13(3)23-22-24(19)20(25)14(4)31-22/h8-9,12,14,19H,6-7,10-11H2,1-5H3. The highest BCUT2D eigenvalue weighted by molar-refractivity contribution is 8.15. The number of fused-ring (bicyclic) bond motifs is 1. The number of esters is 1. The monoisotopic (exact) mass is 448 g/mol. The molecule has 1 saturated heterocycles. The van der Waals surface area contributed by atoms with Crippen molar-refractivity contribution < 1.29 is 28.5 Å². The van der Waals surface area contributed by atoms with Crippen molar-refractivity contribution in [1.29, 1.82) is 0 Å². The van der Waals surface area contributed by atoms with Crippen LogP contribution in [0.3, 0.4) is 0 Å². The number of allylic oxidation sites excluding steroid dienone is 1. The lowest BCUT2D eigenvalue weighted by Gasteiger charge is -2.33. The molecule has 0 spiro atoms. The van der Waals surface area contributed by atoms with E-state index in [0.717, 1.165) is 5.56 Å². The molecule has 168 valence electrons. The number of nitrogens with zero attached hydrogens (tertiary/aromatic N) is 2. The molecule has 0 N–H and O–H groups in total. The number of carbonyl (C=O) groups is 2. The molecule has 3 rings (SSSR count). The van der Waals surface area contributed by atoms with E-state index < -0.39 is 12.0 Å². The largest absolute Gasteiger partial charge is 0.490 e. The SMILES string of the molecule is CCOc1ccc(C2C(C(=O)OCCOC)=C(C)N=C3SC(C)C(=O)N32)cc1OCC. The van der Waals surface area contributed by atoms with Crippen molar-refractivity contribution in [1.82, 2.24) is 4.90 Å². The van der Waals surface area contributed by atoms with Gasteiger partial charge >= 0.3 is 5.97 Å². The summed E-state index contributed by atoms with van der Waals surface area (Å²) >= 11 is 1.38. The Labute approximate surface area is 186 Å². The Balaban J connectivity index is 2.08. The van der Waals surface area contributed by atoms with Gasteiger partial charge in [0.2, 0.25) is 5.91 Å². The van der Waals surface area contributed by atoms with Gasteiger partial charge in [0.05, 0.1) is 42.4 Å². The summed E-state index contributed by atoms with van der Waals surface area (Å²) in [6.07, 6.45) is 0. The van der Waals surface area contributed by atoms with E-state index in [0.29, 0.717) is 41.2 Å². The Hall–Kier alpha value is -2.52. The van der Waals surface area contributed by atoms with E-state index in [1.165, 1.54) is 18.9 Å². The Morgan fingerprint density at radius 2 is 1.87 bits per heavy atom. The van der Waals surface area contributed by atoms with Gasteiger partial charge in [-0.3, -0.25) is 9.69 Å². The molecule has 1 amide bonds. The highest BCUT2D eigenvalue weighted by atomic mass is 32.2. The van der Waals surface area contributed by atoms with Crippen LogP contribution in [0.4, 0.5) is 0 Å². The van der Waals surface area contributed by atoms with Gasteiger partial charge in [0.25, 0.3) is 0 Å². The minimum atomic E-state index is -0.664. The number of benzene rings is 1. The van der Waals surface area contributed by atoms with Crippen LogP contribution in [0.15, 0.2) is 34.5 Å². The van der Waals surface area contributed by atoms with Crippen molar-refractivity contribution >= 4 is 28.8 Å². The van der Waals surface area contributed by atoms with E-state index in [1.54, 1.807) is 17.9 Å². The maximum absolute atomic E-state index is 13.0. The topological polar surface area (TPSA) is 86.7 Å². The van der Waals surface area contributed by atoms with Gasteiger partial charge in [-0.2, -0.15) is 0 Å². The molecule has 0 aliphatic carbocycles. The van der Waals surface area contributed by atoms with Gasteiger partial charge in [-0.1, -0.05) is 17.8 Å². The number of ether oxygens (including phenoxy) is 4. The summed E-state index contributed by atoms with van der Waals surface area (Å²) < 4.78 is 21.8. The first-order valence-electron chi connectivity index (χ1n) is 10.3. The Kier molecular flexibility index (Phi) is 7.61. The second kappa shape index (κ2) is 10.2. The summed E-state index contributed by atoms with van der Waals surface area (Å²) in [4.78, 5) is 32.1. The Morgan fingerprint density at radius 3 is 2.55 bits per heavy atom. The molecular formula is C22H28N2O6S. The fourth-order valence-electron chi connectivity index (χ4n) is 3.51. The van der Waals surface area contributed by atoms with Crippen LogP contribution in [-0.4, -0.2) is 60.7 Å². The molecule has 0 aromatic heterocycles. The minimum Gasteiger partial charge on any atom is -0.490 e. The van der Waals surface area contributed by atoms with Crippen LogP contribution >= 0.6 is 11.8 Å². The predicted octanol–water partition coefficient (Wildman–Crippen LogP) is 3.32. The van der Waals surface area contributed by atoms with Gasteiger partial charge in [-0.25, -0.2) is 9.79 Å². The average molecular weight is 449 g/mol. The smallest absolute Gasteiger partial charge is 0.338 e. The minimum absolute atomic E-state index is 0.102. The van der Waals surface area contributed by atoms with E-state index in [4.69, 9.17) is 18.9 Å². The summed E-state index contributed by atoms with van der Waals surface area (Å²) in [5, 5.41) is 0.298. The molecule has 1 fully saturated rings. The van der Waals surface area contributed by atoms with E-state index in [9.17, 15) is 9.59 Å². The molecule has 2 heterocycles. The number of thioether (sulfide) groups is 1. The maximum Gasteiger partial charge on any atom is 0.338 e. The molecule has 0 radical (unpaired) electrons. The average Bonchev–Trinajstić information content (AvgIpc) is 3.02. The zero-order valence-electron chi connectivity index (χ0n) is 18.5. The van der Waals surface area contributed by atoms with Crippen molar-refractivity contribution in [2.75, 3.05) is 33.5 Å². The third-order valence-electron chi connectivity index (χ3n) is 4.88. The second-order valence-electron chi connectivity index (χ2n) is 6.97. The number of amidine groups is 1.